The van der Waals surface area contributed by atoms with E-state index < -0.39 is 16.3 Å². The molecule has 0 fully saturated rings. The molecule has 1 amide bonds. The fraction of sp³-hybridized carbons (Fsp3) is 0.364. The maximum absolute atomic E-state index is 11.5. The number of nitrogens with one attached hydrogen (secondary N) is 2. The van der Waals surface area contributed by atoms with Crippen LogP contribution in [0.15, 0.2) is 30.3 Å². The topological polar surface area (TPSA) is 84.5 Å². The molecular weight excluding hydrogens is 336 g/mol. The number of hydrogen-bond acceptors (Lipinski definition) is 4. The molecular formula is C11H15BrN2O4S. The predicted octanol–water partition coefficient (Wildman–Crippen LogP) is 1.70. The zero-order valence-corrected chi connectivity index (χ0v) is 12.7. The lowest BCUT2D eigenvalue weighted by Gasteiger charge is -2.12. The molecule has 0 radical (unpaired) electrons. The third kappa shape index (κ3) is 6.04. The van der Waals surface area contributed by atoms with E-state index in [2.05, 4.69) is 25.4 Å². The van der Waals surface area contributed by atoms with Crippen molar-refractivity contribution in [2.75, 3.05) is 13.2 Å². The second-order valence-electron chi connectivity index (χ2n) is 3.55. The van der Waals surface area contributed by atoms with Crippen molar-refractivity contribution in [1.29, 1.82) is 0 Å². The molecule has 0 saturated carbocycles. The summed E-state index contributed by atoms with van der Waals surface area (Å²) in [6.45, 7) is 1.80. The summed E-state index contributed by atoms with van der Waals surface area (Å²) in [5.41, 5.74) is 0.932. The number of benzene rings is 1. The second-order valence-corrected chi connectivity index (χ2v) is 6.16. The quantitative estimate of drug-likeness (QED) is 0.764. The van der Waals surface area contributed by atoms with Crippen LogP contribution in [0.2, 0.25) is 0 Å². The van der Waals surface area contributed by atoms with Crippen molar-refractivity contribution in [3.63, 3.8) is 0 Å². The van der Waals surface area contributed by atoms with E-state index >= 15 is 0 Å². The summed E-state index contributed by atoms with van der Waals surface area (Å²) in [4.78, 5) is 10.8. The number of ether oxygens (including phenoxy) is 1. The van der Waals surface area contributed by atoms with Gasteiger partial charge in [0.05, 0.1) is 11.4 Å². The van der Waals surface area contributed by atoms with E-state index in [1.54, 1.807) is 11.6 Å². The van der Waals surface area contributed by atoms with Crippen LogP contribution in [-0.4, -0.2) is 27.7 Å². The van der Waals surface area contributed by atoms with Gasteiger partial charge in [0.15, 0.2) is 0 Å². The maximum atomic E-state index is 11.5. The molecule has 106 valence electrons. The summed E-state index contributed by atoms with van der Waals surface area (Å²) in [5, 5.41) is 0. The lowest BCUT2D eigenvalue weighted by Crippen LogP contribution is -2.41. The molecule has 0 saturated heterocycles. The van der Waals surface area contributed by atoms with Crippen LogP contribution < -0.4 is 9.44 Å². The van der Waals surface area contributed by atoms with Crippen molar-refractivity contribution in [2.45, 2.75) is 11.8 Å². The molecule has 1 aromatic carbocycles. The molecule has 0 aromatic heterocycles. The van der Waals surface area contributed by atoms with Gasteiger partial charge in [-0.25, -0.2) is 9.52 Å². The molecule has 0 spiro atoms. The highest BCUT2D eigenvalue weighted by Gasteiger charge is 2.16. The molecule has 0 heterocycles. The summed E-state index contributed by atoms with van der Waals surface area (Å²) in [6.07, 6.45) is -0.999. The highest BCUT2D eigenvalue weighted by Crippen LogP contribution is 2.21. The van der Waals surface area contributed by atoms with Gasteiger partial charge in [0.25, 0.3) is 0 Å². The average molecular weight is 351 g/mol. The fourth-order valence-electron chi connectivity index (χ4n) is 1.27. The van der Waals surface area contributed by atoms with E-state index in [9.17, 15) is 13.2 Å². The number of hydrogen-bond donors (Lipinski definition) is 2. The van der Waals surface area contributed by atoms with Crippen LogP contribution in [-0.2, 0) is 14.9 Å². The lowest BCUT2D eigenvalue weighted by atomic mass is 10.2. The largest absolute Gasteiger partial charge is 0.449 e. The van der Waals surface area contributed by atoms with Gasteiger partial charge in [0, 0.05) is 6.54 Å². The Labute approximate surface area is 120 Å². The van der Waals surface area contributed by atoms with Gasteiger partial charge in [-0.15, -0.1) is 0 Å². The first-order valence-corrected chi connectivity index (χ1v) is 7.97. The molecule has 1 unspecified atom stereocenters. The summed E-state index contributed by atoms with van der Waals surface area (Å²) in [6, 6.07) is 9.32. The summed E-state index contributed by atoms with van der Waals surface area (Å²) >= 11 is 3.36. The first-order valence-electron chi connectivity index (χ1n) is 5.57. The third-order valence-corrected chi connectivity index (χ3v) is 3.94. The molecule has 0 aliphatic heterocycles. The zero-order chi connectivity index (χ0) is 14.3. The number of alkyl halides is 1. The van der Waals surface area contributed by atoms with Gasteiger partial charge in [-0.3, -0.25) is 0 Å². The Kier molecular flexibility index (Phi) is 6.26. The molecule has 1 atom stereocenters. The number of carbonyl (C=O) groups excluding carboxylic acids is 1. The van der Waals surface area contributed by atoms with Crippen LogP contribution in [0.4, 0.5) is 4.79 Å². The van der Waals surface area contributed by atoms with Crippen molar-refractivity contribution in [2.24, 2.45) is 0 Å². The molecule has 0 bridgehead atoms. The highest BCUT2D eigenvalue weighted by molar-refractivity contribution is 9.09. The SMILES string of the molecule is CCOC(=O)NS(=O)(=O)NCC(Br)c1ccccc1. The van der Waals surface area contributed by atoms with Gasteiger partial charge in [0.1, 0.15) is 0 Å². The number of rotatable bonds is 6. The third-order valence-electron chi connectivity index (χ3n) is 2.11. The Morgan fingerprint density at radius 2 is 2.00 bits per heavy atom. The van der Waals surface area contributed by atoms with Crippen molar-refractivity contribution in [1.82, 2.24) is 9.44 Å². The molecule has 2 N–H and O–H groups in total. The van der Waals surface area contributed by atoms with Crippen LogP contribution in [0.1, 0.15) is 17.3 Å². The molecule has 0 aliphatic rings. The minimum atomic E-state index is -3.91. The van der Waals surface area contributed by atoms with Gasteiger partial charge >= 0.3 is 16.3 Å². The fourth-order valence-corrected chi connectivity index (χ4v) is 2.69. The summed E-state index contributed by atoms with van der Waals surface area (Å²) < 4.78 is 31.5. The molecule has 1 rings (SSSR count). The van der Waals surface area contributed by atoms with Crippen LogP contribution in [0.25, 0.3) is 0 Å². The monoisotopic (exact) mass is 350 g/mol. The van der Waals surface area contributed by atoms with E-state index in [0.29, 0.717) is 0 Å². The molecule has 1 aromatic rings. The smallest absolute Gasteiger partial charge is 0.421 e. The van der Waals surface area contributed by atoms with Crippen molar-refractivity contribution >= 4 is 32.2 Å². The van der Waals surface area contributed by atoms with Crippen LogP contribution in [0.5, 0.6) is 0 Å². The standard InChI is InChI=1S/C11H15BrN2O4S/c1-2-18-11(15)14-19(16,17)13-8-10(12)9-6-4-3-5-7-9/h3-7,10,13H,2,8H2,1H3,(H,14,15). The number of amides is 1. The van der Waals surface area contributed by atoms with Crippen LogP contribution in [0, 0.1) is 0 Å². The molecule has 0 aliphatic carbocycles. The van der Waals surface area contributed by atoms with E-state index in [0.717, 1.165) is 5.56 Å². The minimum absolute atomic E-state index is 0.104. The Balaban J connectivity index is 2.49. The maximum Gasteiger partial charge on any atom is 0.421 e. The van der Waals surface area contributed by atoms with E-state index in [4.69, 9.17) is 0 Å². The van der Waals surface area contributed by atoms with Crippen molar-refractivity contribution in [3.05, 3.63) is 35.9 Å². The second kappa shape index (κ2) is 7.46. The summed E-state index contributed by atoms with van der Waals surface area (Å²) in [7, 11) is -3.91. The van der Waals surface area contributed by atoms with Crippen LogP contribution in [0.3, 0.4) is 0 Å². The Morgan fingerprint density at radius 1 is 1.37 bits per heavy atom. The molecule has 19 heavy (non-hydrogen) atoms. The normalized spacial score (nSPS) is 12.7. The van der Waals surface area contributed by atoms with Gasteiger partial charge in [-0.05, 0) is 12.5 Å². The van der Waals surface area contributed by atoms with Crippen molar-refractivity contribution < 1.29 is 17.9 Å². The first-order chi connectivity index (χ1) is 8.94. The van der Waals surface area contributed by atoms with E-state index in [1.165, 1.54) is 0 Å². The van der Waals surface area contributed by atoms with Gasteiger partial charge in [0.2, 0.25) is 0 Å². The van der Waals surface area contributed by atoms with E-state index in [-0.39, 0.29) is 18.0 Å². The Bertz CT molecular complexity index is 507. The molecule has 8 heteroatoms. The molecule has 6 nitrogen and oxygen atoms in total. The predicted molar refractivity (Wildman–Crippen MR) is 75.2 cm³/mol. The van der Waals surface area contributed by atoms with Gasteiger partial charge in [-0.2, -0.15) is 13.1 Å². The van der Waals surface area contributed by atoms with Crippen LogP contribution >= 0.6 is 15.9 Å². The first kappa shape index (κ1) is 15.9. The highest BCUT2D eigenvalue weighted by atomic mass is 79.9. The minimum Gasteiger partial charge on any atom is -0.449 e. The van der Waals surface area contributed by atoms with Crippen molar-refractivity contribution in [3.8, 4) is 0 Å². The van der Waals surface area contributed by atoms with E-state index in [1.807, 2.05) is 30.3 Å². The lowest BCUT2D eigenvalue weighted by molar-refractivity contribution is 0.158. The number of carbonyl (C=O) groups is 1. The zero-order valence-electron chi connectivity index (χ0n) is 10.3. The Hall–Kier alpha value is -1.12. The van der Waals surface area contributed by atoms with Gasteiger partial charge < -0.3 is 4.74 Å². The average Bonchev–Trinajstić information content (AvgIpc) is 2.37. The van der Waals surface area contributed by atoms with Gasteiger partial charge in [-0.1, -0.05) is 46.3 Å². The Morgan fingerprint density at radius 3 is 2.58 bits per heavy atom. The number of halogens is 1. The summed E-state index contributed by atoms with van der Waals surface area (Å²) in [5.74, 6) is 0.